The zero-order valence-corrected chi connectivity index (χ0v) is 18.9. The Morgan fingerprint density at radius 2 is 2.03 bits per heavy atom. The van der Waals surface area contributed by atoms with Gasteiger partial charge in [-0.05, 0) is 30.0 Å². The van der Waals surface area contributed by atoms with Crippen LogP contribution < -0.4 is 21.9 Å². The quantitative estimate of drug-likeness (QED) is 0.416. The van der Waals surface area contributed by atoms with Crippen molar-refractivity contribution in [3.8, 4) is 0 Å². The minimum absolute atomic E-state index is 0.0655. The number of rotatable bonds is 5. The zero-order valence-electron chi connectivity index (χ0n) is 17.3. The molecule has 0 saturated heterocycles. The van der Waals surface area contributed by atoms with Crippen molar-refractivity contribution in [2.75, 3.05) is 6.61 Å². The van der Waals surface area contributed by atoms with Crippen LogP contribution in [0.5, 0.6) is 0 Å². The Bertz CT molecular complexity index is 1380. The number of thiophene rings is 1. The fraction of sp³-hybridized carbons (Fsp3) is 0.316. The van der Waals surface area contributed by atoms with Crippen LogP contribution in [-0.4, -0.2) is 37.3 Å². The molecule has 0 spiro atoms. The average molecular weight is 479 g/mol. The SMILES string of the molecule is CCOC(=O)C1=C(Cn2c(Cl)nc3c2c(=O)n(C)c(=O)n3C)NC(=O)N[C@@H]1c1cccs1. The number of ether oxygens (including phenoxy) is 1. The lowest BCUT2D eigenvalue weighted by atomic mass is 10.0. The number of aryl methyl sites for hydroxylation is 1. The number of esters is 1. The molecule has 32 heavy (non-hydrogen) atoms. The third kappa shape index (κ3) is 3.50. The van der Waals surface area contributed by atoms with E-state index in [4.69, 9.17) is 16.3 Å². The van der Waals surface area contributed by atoms with Crippen molar-refractivity contribution in [1.82, 2.24) is 29.3 Å². The van der Waals surface area contributed by atoms with Crippen LogP contribution in [0.1, 0.15) is 17.8 Å². The van der Waals surface area contributed by atoms with Gasteiger partial charge >= 0.3 is 17.7 Å². The third-order valence-electron chi connectivity index (χ3n) is 5.09. The van der Waals surface area contributed by atoms with Crippen LogP contribution >= 0.6 is 22.9 Å². The Kier molecular flexibility index (Phi) is 5.65. The molecule has 3 aromatic heterocycles. The summed E-state index contributed by atoms with van der Waals surface area (Å²) >= 11 is 7.69. The zero-order chi connectivity index (χ0) is 23.2. The molecule has 0 fully saturated rings. The third-order valence-corrected chi connectivity index (χ3v) is 6.32. The first-order chi connectivity index (χ1) is 15.2. The molecule has 1 aliphatic heterocycles. The molecular formula is C19H19ClN6O5S. The average Bonchev–Trinajstić information content (AvgIpc) is 3.39. The molecule has 1 aliphatic rings. The highest BCUT2D eigenvalue weighted by Gasteiger charge is 2.35. The van der Waals surface area contributed by atoms with Gasteiger partial charge in [0, 0.05) is 19.0 Å². The standard InChI is InChI=1S/C19H19ClN6O5S/c1-4-31-16(28)11-9(21-18(29)22-12(11)10-6-5-7-32-10)8-26-13-14(23-17(26)20)24(2)19(30)25(3)15(13)27/h5-7,12H,4,8H2,1-3H3,(H2,21,22,29)/t12-/m1/s1. The minimum Gasteiger partial charge on any atom is -0.463 e. The Balaban J connectivity index is 1.93. The first kappa shape index (κ1) is 21.8. The van der Waals surface area contributed by atoms with Gasteiger partial charge in [-0.3, -0.25) is 13.9 Å². The van der Waals surface area contributed by atoms with Crippen molar-refractivity contribution in [2.45, 2.75) is 19.5 Å². The topological polar surface area (TPSA) is 129 Å². The summed E-state index contributed by atoms with van der Waals surface area (Å²) in [4.78, 5) is 55.3. The van der Waals surface area contributed by atoms with E-state index in [0.717, 1.165) is 9.44 Å². The van der Waals surface area contributed by atoms with Crippen LogP contribution in [0.4, 0.5) is 4.79 Å². The molecule has 2 amide bonds. The summed E-state index contributed by atoms with van der Waals surface area (Å²) in [6.07, 6.45) is 0. The van der Waals surface area contributed by atoms with E-state index in [-0.39, 0.29) is 40.9 Å². The van der Waals surface area contributed by atoms with Crippen LogP contribution in [0.15, 0.2) is 38.4 Å². The number of nitrogens with one attached hydrogen (secondary N) is 2. The van der Waals surface area contributed by atoms with Crippen molar-refractivity contribution in [2.24, 2.45) is 14.1 Å². The number of imidazole rings is 1. The Hall–Kier alpha value is -3.38. The second-order valence-corrected chi connectivity index (χ2v) is 8.32. The van der Waals surface area contributed by atoms with E-state index in [1.807, 2.05) is 5.38 Å². The molecular weight excluding hydrogens is 460 g/mol. The second-order valence-electron chi connectivity index (χ2n) is 7.00. The monoisotopic (exact) mass is 478 g/mol. The number of urea groups is 1. The van der Waals surface area contributed by atoms with Crippen molar-refractivity contribution >= 4 is 46.1 Å². The van der Waals surface area contributed by atoms with E-state index in [9.17, 15) is 19.2 Å². The molecule has 1 atom stereocenters. The van der Waals surface area contributed by atoms with Crippen LogP contribution in [-0.2, 0) is 30.2 Å². The number of allylic oxidation sites excluding steroid dienone is 1. The first-order valence-electron chi connectivity index (χ1n) is 9.57. The number of hydrogen-bond donors (Lipinski definition) is 2. The van der Waals surface area contributed by atoms with Crippen molar-refractivity contribution in [3.05, 3.63) is 59.8 Å². The van der Waals surface area contributed by atoms with Crippen molar-refractivity contribution < 1.29 is 14.3 Å². The lowest BCUT2D eigenvalue weighted by Gasteiger charge is -2.28. The van der Waals surface area contributed by atoms with E-state index in [1.54, 1.807) is 19.1 Å². The van der Waals surface area contributed by atoms with E-state index < -0.39 is 29.3 Å². The van der Waals surface area contributed by atoms with Gasteiger partial charge in [0.1, 0.15) is 0 Å². The number of nitrogens with zero attached hydrogens (tertiary/aromatic N) is 4. The summed E-state index contributed by atoms with van der Waals surface area (Å²) in [6.45, 7) is 1.67. The van der Waals surface area contributed by atoms with E-state index in [0.29, 0.717) is 0 Å². The summed E-state index contributed by atoms with van der Waals surface area (Å²) in [5.41, 5.74) is -0.595. The Labute approximate surface area is 189 Å². The number of carbonyl (C=O) groups is 2. The molecule has 0 bridgehead atoms. The molecule has 168 valence electrons. The lowest BCUT2D eigenvalue weighted by Crippen LogP contribution is -2.46. The second kappa shape index (κ2) is 8.28. The summed E-state index contributed by atoms with van der Waals surface area (Å²) in [5.74, 6) is -0.616. The summed E-state index contributed by atoms with van der Waals surface area (Å²) in [7, 11) is 2.82. The molecule has 4 rings (SSSR count). The van der Waals surface area contributed by atoms with Crippen LogP contribution in [0.3, 0.4) is 0 Å². The molecule has 0 aliphatic carbocycles. The molecule has 0 radical (unpaired) electrons. The van der Waals surface area contributed by atoms with Gasteiger partial charge in [0.15, 0.2) is 11.2 Å². The van der Waals surface area contributed by atoms with E-state index in [2.05, 4.69) is 15.6 Å². The molecule has 3 aromatic rings. The number of halogens is 1. The molecule has 0 unspecified atom stereocenters. The maximum absolute atomic E-state index is 12.9. The fourth-order valence-electron chi connectivity index (χ4n) is 3.58. The van der Waals surface area contributed by atoms with Crippen molar-refractivity contribution in [3.63, 3.8) is 0 Å². The predicted octanol–water partition coefficient (Wildman–Crippen LogP) is 1.02. The van der Waals surface area contributed by atoms with Crippen LogP contribution in [0.25, 0.3) is 11.2 Å². The maximum atomic E-state index is 12.9. The van der Waals surface area contributed by atoms with Crippen LogP contribution in [0, 0.1) is 0 Å². The maximum Gasteiger partial charge on any atom is 0.338 e. The fourth-order valence-corrected chi connectivity index (χ4v) is 4.59. The van der Waals surface area contributed by atoms with Gasteiger partial charge in [-0.1, -0.05) is 6.07 Å². The normalized spacial score (nSPS) is 16.2. The predicted molar refractivity (Wildman–Crippen MR) is 118 cm³/mol. The Morgan fingerprint density at radius 3 is 2.69 bits per heavy atom. The lowest BCUT2D eigenvalue weighted by molar-refractivity contribution is -0.139. The number of amides is 2. The summed E-state index contributed by atoms with van der Waals surface area (Å²) in [5, 5.41) is 7.13. The van der Waals surface area contributed by atoms with E-state index in [1.165, 1.54) is 34.6 Å². The van der Waals surface area contributed by atoms with Gasteiger partial charge in [-0.25, -0.2) is 14.4 Å². The highest BCUT2D eigenvalue weighted by molar-refractivity contribution is 7.10. The summed E-state index contributed by atoms with van der Waals surface area (Å²) in [6, 6.07) is 2.34. The van der Waals surface area contributed by atoms with Gasteiger partial charge in [0.2, 0.25) is 5.28 Å². The van der Waals surface area contributed by atoms with Gasteiger partial charge in [0.05, 0.1) is 30.5 Å². The molecule has 2 N–H and O–H groups in total. The smallest absolute Gasteiger partial charge is 0.338 e. The molecule has 0 saturated carbocycles. The number of hydrogen-bond acceptors (Lipinski definition) is 7. The largest absolute Gasteiger partial charge is 0.463 e. The van der Waals surface area contributed by atoms with Crippen molar-refractivity contribution in [1.29, 1.82) is 0 Å². The molecule has 0 aromatic carbocycles. The number of carbonyl (C=O) groups excluding carboxylic acids is 2. The van der Waals surface area contributed by atoms with E-state index >= 15 is 0 Å². The minimum atomic E-state index is -0.737. The Morgan fingerprint density at radius 1 is 1.28 bits per heavy atom. The molecule has 11 nitrogen and oxygen atoms in total. The number of aromatic nitrogens is 4. The number of fused-ring (bicyclic) bond motifs is 1. The summed E-state index contributed by atoms with van der Waals surface area (Å²) < 4.78 is 8.73. The molecule has 4 heterocycles. The van der Waals surface area contributed by atoms with Gasteiger partial charge < -0.3 is 19.9 Å². The van der Waals surface area contributed by atoms with Gasteiger partial charge in [0.25, 0.3) is 5.56 Å². The first-order valence-corrected chi connectivity index (χ1v) is 10.8. The van der Waals surface area contributed by atoms with Gasteiger partial charge in [-0.2, -0.15) is 4.98 Å². The van der Waals surface area contributed by atoms with Crippen LogP contribution in [0.2, 0.25) is 5.28 Å². The van der Waals surface area contributed by atoms with Gasteiger partial charge in [-0.15, -0.1) is 11.3 Å². The highest BCUT2D eigenvalue weighted by atomic mass is 35.5. The molecule has 13 heteroatoms. The highest BCUT2D eigenvalue weighted by Crippen LogP contribution is 2.31.